The molecule has 22 heavy (non-hydrogen) atoms. The molecule has 0 aliphatic carbocycles. The lowest BCUT2D eigenvalue weighted by atomic mass is 10.1. The van der Waals surface area contributed by atoms with Crippen LogP contribution >= 0.6 is 0 Å². The molecule has 0 bridgehead atoms. The molecule has 1 aromatic carbocycles. The highest BCUT2D eigenvalue weighted by molar-refractivity contribution is 5.91. The fourth-order valence-electron chi connectivity index (χ4n) is 2.16. The molecule has 0 N–H and O–H groups in total. The Bertz CT molecular complexity index is 683. The van der Waals surface area contributed by atoms with Crippen molar-refractivity contribution in [1.29, 1.82) is 0 Å². The lowest BCUT2D eigenvalue weighted by Gasteiger charge is -2.12. The van der Waals surface area contributed by atoms with Crippen LogP contribution in [0.4, 0.5) is 13.2 Å². The number of hydrogen-bond donors (Lipinski definition) is 0. The predicted octanol–water partition coefficient (Wildman–Crippen LogP) is 4.24. The molecule has 0 atom stereocenters. The van der Waals surface area contributed by atoms with Crippen LogP contribution in [0.1, 0.15) is 32.7 Å². The smallest absolute Gasteiger partial charge is 0.422 e. The van der Waals surface area contributed by atoms with E-state index in [-0.39, 0.29) is 5.56 Å². The van der Waals surface area contributed by atoms with Crippen molar-refractivity contribution in [3.8, 4) is 5.75 Å². The number of carbonyl (C=O) groups excluding carboxylic acids is 1. The predicted molar refractivity (Wildman–Crippen MR) is 74.9 cm³/mol. The Balaban J connectivity index is 2.23. The van der Waals surface area contributed by atoms with Crippen molar-refractivity contribution in [3.05, 3.63) is 58.4 Å². The van der Waals surface area contributed by atoms with Gasteiger partial charge in [0.05, 0.1) is 5.56 Å². The molecular weight excluding hydrogens is 295 g/mol. The summed E-state index contributed by atoms with van der Waals surface area (Å²) < 4.78 is 42.6. The maximum absolute atomic E-state index is 12.4. The molecule has 0 saturated carbocycles. The van der Waals surface area contributed by atoms with Crippen molar-refractivity contribution in [3.63, 3.8) is 0 Å². The standard InChI is InChI=1S/C16H14F3NO2/c1-9-6-10(2)14(11(3)7-9)22-15(21)12-4-5-13(20-8-12)16(17,18)19/h4-8H,1-3H3. The molecule has 2 rings (SSSR count). The van der Waals surface area contributed by atoms with E-state index in [0.29, 0.717) is 5.75 Å². The van der Waals surface area contributed by atoms with E-state index in [1.807, 2.05) is 19.1 Å². The molecule has 3 nitrogen and oxygen atoms in total. The second kappa shape index (κ2) is 5.79. The maximum Gasteiger partial charge on any atom is 0.433 e. The first-order valence-electron chi connectivity index (χ1n) is 6.52. The number of aromatic nitrogens is 1. The van der Waals surface area contributed by atoms with Gasteiger partial charge >= 0.3 is 12.1 Å². The Morgan fingerprint density at radius 1 is 1.09 bits per heavy atom. The lowest BCUT2D eigenvalue weighted by Crippen LogP contribution is -2.13. The number of ether oxygens (including phenoxy) is 1. The molecule has 0 unspecified atom stereocenters. The van der Waals surface area contributed by atoms with Crippen LogP contribution in [-0.2, 0) is 6.18 Å². The third-order valence-corrected chi connectivity index (χ3v) is 3.09. The number of carbonyl (C=O) groups is 1. The normalized spacial score (nSPS) is 11.4. The van der Waals surface area contributed by atoms with Gasteiger partial charge in [-0.3, -0.25) is 4.98 Å². The molecule has 116 valence electrons. The van der Waals surface area contributed by atoms with E-state index >= 15 is 0 Å². The Morgan fingerprint density at radius 3 is 2.14 bits per heavy atom. The van der Waals surface area contributed by atoms with Crippen LogP contribution in [0.3, 0.4) is 0 Å². The second-order valence-corrected chi connectivity index (χ2v) is 5.05. The second-order valence-electron chi connectivity index (χ2n) is 5.05. The third kappa shape index (κ3) is 3.44. The maximum atomic E-state index is 12.4. The summed E-state index contributed by atoms with van der Waals surface area (Å²) in [5, 5.41) is 0. The summed E-state index contributed by atoms with van der Waals surface area (Å²) in [4.78, 5) is 15.3. The van der Waals surface area contributed by atoms with Crippen LogP contribution in [0.5, 0.6) is 5.75 Å². The number of rotatable bonds is 2. The van der Waals surface area contributed by atoms with Crippen LogP contribution < -0.4 is 4.74 Å². The summed E-state index contributed by atoms with van der Waals surface area (Å²) in [7, 11) is 0. The average molecular weight is 309 g/mol. The van der Waals surface area contributed by atoms with Gasteiger partial charge in [-0.2, -0.15) is 13.2 Å². The van der Waals surface area contributed by atoms with E-state index in [1.165, 1.54) is 0 Å². The number of nitrogens with zero attached hydrogens (tertiary/aromatic N) is 1. The minimum atomic E-state index is -4.54. The highest BCUT2D eigenvalue weighted by Gasteiger charge is 2.32. The Labute approximate surface area is 125 Å². The van der Waals surface area contributed by atoms with E-state index in [0.717, 1.165) is 35.0 Å². The van der Waals surface area contributed by atoms with E-state index in [9.17, 15) is 18.0 Å². The van der Waals surface area contributed by atoms with E-state index in [2.05, 4.69) is 4.98 Å². The van der Waals surface area contributed by atoms with Gasteiger partial charge in [-0.15, -0.1) is 0 Å². The number of benzene rings is 1. The number of halogens is 3. The van der Waals surface area contributed by atoms with Crippen LogP contribution in [-0.4, -0.2) is 11.0 Å². The van der Waals surface area contributed by atoms with Crippen molar-refractivity contribution in [2.24, 2.45) is 0 Å². The van der Waals surface area contributed by atoms with Crippen LogP contribution in [0, 0.1) is 20.8 Å². The zero-order chi connectivity index (χ0) is 16.5. The first kappa shape index (κ1) is 16.0. The largest absolute Gasteiger partial charge is 0.433 e. The van der Waals surface area contributed by atoms with E-state index in [1.54, 1.807) is 13.8 Å². The Morgan fingerprint density at radius 2 is 1.68 bits per heavy atom. The third-order valence-electron chi connectivity index (χ3n) is 3.09. The highest BCUT2D eigenvalue weighted by Crippen LogP contribution is 2.28. The van der Waals surface area contributed by atoms with Crippen molar-refractivity contribution < 1.29 is 22.7 Å². The van der Waals surface area contributed by atoms with Gasteiger partial charge in [0, 0.05) is 6.20 Å². The fraction of sp³-hybridized carbons (Fsp3) is 0.250. The van der Waals surface area contributed by atoms with Gasteiger partial charge in [0.1, 0.15) is 11.4 Å². The Kier molecular flexibility index (Phi) is 4.21. The summed E-state index contributed by atoms with van der Waals surface area (Å²) in [6.07, 6.45) is -3.67. The molecule has 6 heteroatoms. The van der Waals surface area contributed by atoms with Gasteiger partial charge < -0.3 is 4.74 Å². The minimum absolute atomic E-state index is 0.0348. The van der Waals surface area contributed by atoms with Gasteiger partial charge in [0.25, 0.3) is 0 Å². The summed E-state index contributed by atoms with van der Waals surface area (Å²) in [6, 6.07) is 5.53. The molecular formula is C16H14F3NO2. The van der Waals surface area contributed by atoms with Crippen LogP contribution in [0.2, 0.25) is 0 Å². The molecule has 1 aromatic heterocycles. The number of hydrogen-bond acceptors (Lipinski definition) is 3. The van der Waals surface area contributed by atoms with Gasteiger partial charge in [-0.05, 0) is 44.0 Å². The molecule has 0 amide bonds. The zero-order valence-electron chi connectivity index (χ0n) is 12.3. The SMILES string of the molecule is Cc1cc(C)c(OC(=O)c2ccc(C(F)(F)F)nc2)c(C)c1. The quantitative estimate of drug-likeness (QED) is 0.615. The van der Waals surface area contributed by atoms with Crippen LogP contribution in [0.15, 0.2) is 30.5 Å². The van der Waals surface area contributed by atoms with Gasteiger partial charge in [-0.25, -0.2) is 4.79 Å². The van der Waals surface area contributed by atoms with Crippen molar-refractivity contribution in [2.45, 2.75) is 26.9 Å². The molecule has 2 aromatic rings. The summed E-state index contributed by atoms with van der Waals surface area (Å²) in [5.74, 6) is -0.327. The van der Waals surface area contributed by atoms with Crippen LogP contribution in [0.25, 0.3) is 0 Å². The minimum Gasteiger partial charge on any atom is -0.422 e. The van der Waals surface area contributed by atoms with Gasteiger partial charge in [0.15, 0.2) is 0 Å². The Hall–Kier alpha value is -2.37. The molecule has 0 spiro atoms. The topological polar surface area (TPSA) is 39.2 Å². The number of esters is 1. The van der Waals surface area contributed by atoms with E-state index in [4.69, 9.17) is 4.74 Å². The first-order valence-corrected chi connectivity index (χ1v) is 6.52. The van der Waals surface area contributed by atoms with Gasteiger partial charge in [0.2, 0.25) is 0 Å². The molecule has 1 heterocycles. The van der Waals surface area contributed by atoms with Crippen molar-refractivity contribution in [2.75, 3.05) is 0 Å². The molecule has 0 aliphatic rings. The lowest BCUT2D eigenvalue weighted by molar-refractivity contribution is -0.141. The van der Waals surface area contributed by atoms with Gasteiger partial charge in [-0.1, -0.05) is 17.7 Å². The first-order chi connectivity index (χ1) is 10.2. The van der Waals surface area contributed by atoms with Crippen molar-refractivity contribution >= 4 is 5.97 Å². The molecule has 0 aliphatic heterocycles. The monoisotopic (exact) mass is 309 g/mol. The zero-order valence-corrected chi connectivity index (χ0v) is 12.3. The number of pyridine rings is 1. The number of alkyl halides is 3. The fourth-order valence-corrected chi connectivity index (χ4v) is 2.16. The summed E-state index contributed by atoms with van der Waals surface area (Å²) in [6.45, 7) is 5.52. The molecule has 0 radical (unpaired) electrons. The van der Waals surface area contributed by atoms with Crippen molar-refractivity contribution in [1.82, 2.24) is 4.98 Å². The summed E-state index contributed by atoms with van der Waals surface area (Å²) >= 11 is 0. The number of aryl methyl sites for hydroxylation is 3. The van der Waals surface area contributed by atoms with E-state index < -0.39 is 17.8 Å². The molecule has 0 saturated heterocycles. The molecule has 0 fully saturated rings. The highest BCUT2D eigenvalue weighted by atomic mass is 19.4. The average Bonchev–Trinajstić information content (AvgIpc) is 2.41. The summed E-state index contributed by atoms with van der Waals surface area (Å²) in [5.41, 5.74) is 1.52.